The lowest BCUT2D eigenvalue weighted by molar-refractivity contribution is 0.0685. The number of hydrogen-bond acceptors (Lipinski definition) is 1. The summed E-state index contributed by atoms with van der Waals surface area (Å²) < 4.78 is 29.0. The Morgan fingerprint density at radius 2 is 1.95 bits per heavy atom. The highest BCUT2D eigenvalue weighted by molar-refractivity contribution is 9.10. The zero-order valence-corrected chi connectivity index (χ0v) is 11.8. The zero-order valence-electron chi connectivity index (χ0n) is 10.2. The molecule has 1 saturated carbocycles. The number of halogens is 3. The maximum atomic E-state index is 14.0. The lowest BCUT2D eigenvalue weighted by Crippen LogP contribution is -2.08. The molecular weight excluding hydrogens is 332 g/mol. The molecule has 1 aromatic heterocycles. The maximum Gasteiger partial charge on any atom is 0.352 e. The monoisotopic (exact) mass is 341 g/mol. The van der Waals surface area contributed by atoms with Crippen molar-refractivity contribution in [1.82, 2.24) is 4.57 Å². The van der Waals surface area contributed by atoms with Gasteiger partial charge >= 0.3 is 5.97 Å². The molecule has 0 radical (unpaired) electrons. The van der Waals surface area contributed by atoms with E-state index in [4.69, 9.17) is 0 Å². The van der Waals surface area contributed by atoms with Gasteiger partial charge in [0, 0.05) is 17.7 Å². The largest absolute Gasteiger partial charge is 0.477 e. The van der Waals surface area contributed by atoms with E-state index in [1.165, 1.54) is 12.1 Å². The third-order valence-corrected chi connectivity index (χ3v) is 3.94. The Balaban J connectivity index is 2.20. The quantitative estimate of drug-likeness (QED) is 0.849. The van der Waals surface area contributed by atoms with Crippen molar-refractivity contribution in [1.29, 1.82) is 0 Å². The Morgan fingerprint density at radius 3 is 2.55 bits per heavy atom. The summed E-state index contributed by atoms with van der Waals surface area (Å²) in [7, 11) is 0. The second-order valence-corrected chi connectivity index (χ2v) is 5.61. The average molecular weight is 342 g/mol. The molecule has 0 aliphatic heterocycles. The first-order chi connectivity index (χ1) is 9.49. The lowest BCUT2D eigenvalue weighted by atomic mass is 10.1. The van der Waals surface area contributed by atoms with Gasteiger partial charge < -0.3 is 9.67 Å². The number of aromatic nitrogens is 1. The van der Waals surface area contributed by atoms with Gasteiger partial charge in [-0.25, -0.2) is 13.6 Å². The van der Waals surface area contributed by atoms with Gasteiger partial charge in [0.25, 0.3) is 0 Å². The van der Waals surface area contributed by atoms with Gasteiger partial charge in [0.15, 0.2) is 0 Å². The van der Waals surface area contributed by atoms with Crippen LogP contribution >= 0.6 is 15.9 Å². The molecule has 1 heterocycles. The summed E-state index contributed by atoms with van der Waals surface area (Å²) in [6.45, 7) is 0. The molecular formula is C14H10BrF2NO2. The molecule has 0 unspecified atom stereocenters. The van der Waals surface area contributed by atoms with Gasteiger partial charge in [-0.05, 0) is 47.0 Å². The number of rotatable bonds is 3. The molecule has 1 N–H and O–H groups in total. The standard InChI is InChI=1S/C14H10BrF2NO2/c15-9-5-8(10(16)6-11(9)17)12-3-4-13(14(19)20)18(12)7-1-2-7/h3-7H,1-2H2,(H,19,20). The fraction of sp³-hybridized carbons (Fsp3) is 0.214. The summed E-state index contributed by atoms with van der Waals surface area (Å²) in [5.74, 6) is -2.44. The smallest absolute Gasteiger partial charge is 0.352 e. The number of carboxylic acid groups (broad SMARTS) is 1. The van der Waals surface area contributed by atoms with Crippen LogP contribution < -0.4 is 0 Å². The highest BCUT2D eigenvalue weighted by atomic mass is 79.9. The summed E-state index contributed by atoms with van der Waals surface area (Å²) in [6.07, 6.45) is 1.73. The van der Waals surface area contributed by atoms with Crippen LogP contribution in [0.1, 0.15) is 29.4 Å². The number of hydrogen-bond donors (Lipinski definition) is 1. The number of carboxylic acids is 1. The third kappa shape index (κ3) is 2.14. The second kappa shape index (κ2) is 4.70. The first-order valence-electron chi connectivity index (χ1n) is 6.08. The fourth-order valence-electron chi connectivity index (χ4n) is 2.29. The number of benzene rings is 1. The van der Waals surface area contributed by atoms with E-state index < -0.39 is 17.6 Å². The Morgan fingerprint density at radius 1 is 1.25 bits per heavy atom. The minimum Gasteiger partial charge on any atom is -0.477 e. The summed E-state index contributed by atoms with van der Waals surface area (Å²) in [4.78, 5) is 11.2. The number of aromatic carboxylic acids is 1. The Hall–Kier alpha value is -1.69. The van der Waals surface area contributed by atoms with Gasteiger partial charge in [-0.15, -0.1) is 0 Å². The summed E-state index contributed by atoms with van der Waals surface area (Å²) in [6, 6.07) is 5.22. The van der Waals surface area contributed by atoms with Gasteiger partial charge in [-0.3, -0.25) is 0 Å². The van der Waals surface area contributed by atoms with Crippen LogP contribution in [0.3, 0.4) is 0 Å². The van der Waals surface area contributed by atoms with Crippen molar-refractivity contribution >= 4 is 21.9 Å². The van der Waals surface area contributed by atoms with Gasteiger partial charge in [0.1, 0.15) is 17.3 Å². The minimum atomic E-state index is -1.05. The van der Waals surface area contributed by atoms with Crippen molar-refractivity contribution in [2.24, 2.45) is 0 Å². The minimum absolute atomic E-state index is 0.0781. The van der Waals surface area contributed by atoms with Crippen LogP contribution in [0.2, 0.25) is 0 Å². The van der Waals surface area contributed by atoms with Crippen molar-refractivity contribution in [3.8, 4) is 11.3 Å². The first-order valence-corrected chi connectivity index (χ1v) is 6.87. The topological polar surface area (TPSA) is 42.2 Å². The maximum absolute atomic E-state index is 14.0. The van der Waals surface area contributed by atoms with Crippen LogP contribution in [0.25, 0.3) is 11.3 Å². The molecule has 0 bridgehead atoms. The molecule has 1 aliphatic rings. The van der Waals surface area contributed by atoms with Crippen molar-refractivity contribution < 1.29 is 18.7 Å². The molecule has 104 valence electrons. The van der Waals surface area contributed by atoms with E-state index >= 15 is 0 Å². The molecule has 0 spiro atoms. The molecule has 3 rings (SSSR count). The fourth-order valence-corrected chi connectivity index (χ4v) is 2.63. The van der Waals surface area contributed by atoms with E-state index in [1.54, 1.807) is 10.6 Å². The van der Waals surface area contributed by atoms with Crippen molar-refractivity contribution in [3.05, 3.63) is 46.1 Å². The first kappa shape index (κ1) is 13.3. The zero-order chi connectivity index (χ0) is 14.4. The summed E-state index contributed by atoms with van der Waals surface area (Å²) >= 11 is 3.02. The van der Waals surface area contributed by atoms with Gasteiger partial charge in [0.05, 0.1) is 10.2 Å². The predicted molar refractivity (Wildman–Crippen MR) is 72.7 cm³/mol. The number of carbonyl (C=O) groups is 1. The average Bonchev–Trinajstić information content (AvgIpc) is 3.12. The molecule has 0 saturated heterocycles. The molecule has 1 aliphatic carbocycles. The number of nitrogens with zero attached hydrogens (tertiary/aromatic N) is 1. The van der Waals surface area contributed by atoms with Gasteiger partial charge in [0.2, 0.25) is 0 Å². The highest BCUT2D eigenvalue weighted by Crippen LogP contribution is 2.41. The van der Waals surface area contributed by atoms with E-state index in [9.17, 15) is 18.7 Å². The Labute approximate surface area is 122 Å². The lowest BCUT2D eigenvalue weighted by Gasteiger charge is -2.12. The van der Waals surface area contributed by atoms with Crippen LogP contribution in [0.15, 0.2) is 28.7 Å². The van der Waals surface area contributed by atoms with Crippen LogP contribution in [0.5, 0.6) is 0 Å². The third-order valence-electron chi connectivity index (χ3n) is 3.34. The molecule has 3 nitrogen and oxygen atoms in total. The van der Waals surface area contributed by atoms with Crippen LogP contribution in [-0.4, -0.2) is 15.6 Å². The second-order valence-electron chi connectivity index (χ2n) is 4.76. The van der Waals surface area contributed by atoms with Crippen molar-refractivity contribution in [2.75, 3.05) is 0 Å². The molecule has 0 amide bonds. The van der Waals surface area contributed by atoms with E-state index in [1.807, 2.05) is 0 Å². The van der Waals surface area contributed by atoms with Crippen LogP contribution in [-0.2, 0) is 0 Å². The Kier molecular flexibility index (Phi) is 3.12. The molecule has 6 heteroatoms. The summed E-state index contributed by atoms with van der Waals surface area (Å²) in [5.41, 5.74) is 0.781. The van der Waals surface area contributed by atoms with Crippen LogP contribution in [0.4, 0.5) is 8.78 Å². The normalized spacial score (nSPS) is 14.6. The van der Waals surface area contributed by atoms with Crippen LogP contribution in [0, 0.1) is 11.6 Å². The highest BCUT2D eigenvalue weighted by Gasteiger charge is 2.30. The predicted octanol–water partition coefficient (Wildman–Crippen LogP) is 4.23. The van der Waals surface area contributed by atoms with E-state index in [0.29, 0.717) is 5.69 Å². The van der Waals surface area contributed by atoms with E-state index in [0.717, 1.165) is 18.9 Å². The van der Waals surface area contributed by atoms with Gasteiger partial charge in [-0.1, -0.05) is 0 Å². The Bertz CT molecular complexity index is 707. The van der Waals surface area contributed by atoms with Gasteiger partial charge in [-0.2, -0.15) is 0 Å². The van der Waals surface area contributed by atoms with Crippen molar-refractivity contribution in [2.45, 2.75) is 18.9 Å². The molecule has 2 aromatic rings. The SMILES string of the molecule is O=C(O)c1ccc(-c2cc(Br)c(F)cc2F)n1C1CC1. The molecule has 20 heavy (non-hydrogen) atoms. The molecule has 0 atom stereocenters. The summed E-state index contributed by atoms with van der Waals surface area (Å²) in [5, 5.41) is 9.19. The van der Waals surface area contributed by atoms with Crippen molar-refractivity contribution in [3.63, 3.8) is 0 Å². The molecule has 1 aromatic carbocycles. The van der Waals surface area contributed by atoms with E-state index in [2.05, 4.69) is 15.9 Å². The molecule has 1 fully saturated rings. The van der Waals surface area contributed by atoms with E-state index in [-0.39, 0.29) is 21.8 Å².